The Hall–Kier alpha value is -0.660. The number of hydrogen-bond acceptors (Lipinski definition) is 4. The van der Waals surface area contributed by atoms with Crippen molar-refractivity contribution in [3.05, 3.63) is 0 Å². The number of likely N-dealkylation sites (N-methyl/N-ethyl adjacent to an activating group) is 1. The lowest BCUT2D eigenvalue weighted by Gasteiger charge is -2.23. The van der Waals surface area contributed by atoms with E-state index < -0.39 is 16.1 Å². The molecular formula is C11H25N3O3S. The Bertz CT molecular complexity index is 339. The second kappa shape index (κ2) is 8.44. The molecule has 0 heterocycles. The average molecular weight is 279 g/mol. The molecule has 0 bridgehead atoms. The van der Waals surface area contributed by atoms with Gasteiger partial charge in [0.1, 0.15) is 0 Å². The second-order valence-corrected chi connectivity index (χ2v) is 6.04. The van der Waals surface area contributed by atoms with Gasteiger partial charge in [-0.1, -0.05) is 0 Å². The number of nitrogens with two attached hydrogens (primary N) is 1. The van der Waals surface area contributed by atoms with E-state index in [0.29, 0.717) is 32.5 Å². The molecule has 0 fully saturated rings. The summed E-state index contributed by atoms with van der Waals surface area (Å²) in [5.74, 6) is -0.178. The largest absolute Gasteiger partial charge is 0.342 e. The van der Waals surface area contributed by atoms with Gasteiger partial charge in [0, 0.05) is 13.1 Å². The minimum Gasteiger partial charge on any atom is -0.342 e. The molecule has 3 N–H and O–H groups in total. The Morgan fingerprint density at radius 1 is 1.28 bits per heavy atom. The van der Waals surface area contributed by atoms with Crippen LogP contribution in [0.4, 0.5) is 0 Å². The molecule has 0 aliphatic rings. The van der Waals surface area contributed by atoms with Gasteiger partial charge >= 0.3 is 0 Å². The summed E-state index contributed by atoms with van der Waals surface area (Å²) in [5, 5.41) is 0. The summed E-state index contributed by atoms with van der Waals surface area (Å²) in [6.45, 7) is 6.93. The topological polar surface area (TPSA) is 92.5 Å². The molecule has 108 valence electrons. The van der Waals surface area contributed by atoms with Crippen molar-refractivity contribution >= 4 is 15.9 Å². The summed E-state index contributed by atoms with van der Waals surface area (Å²) in [5.41, 5.74) is 5.31. The van der Waals surface area contributed by atoms with E-state index in [-0.39, 0.29) is 11.7 Å². The molecule has 0 rings (SSSR count). The quantitative estimate of drug-likeness (QED) is 0.577. The highest BCUT2D eigenvalue weighted by atomic mass is 32.2. The summed E-state index contributed by atoms with van der Waals surface area (Å²) in [7, 11) is -3.40. The molecule has 0 aromatic heterocycles. The third-order valence-corrected chi connectivity index (χ3v) is 4.21. The van der Waals surface area contributed by atoms with Crippen molar-refractivity contribution in [2.24, 2.45) is 5.73 Å². The summed E-state index contributed by atoms with van der Waals surface area (Å²) in [4.78, 5) is 13.5. The van der Waals surface area contributed by atoms with Crippen LogP contribution in [0.2, 0.25) is 0 Å². The maximum atomic E-state index is 11.9. The number of sulfonamides is 1. The lowest BCUT2D eigenvalue weighted by Crippen LogP contribution is -2.47. The fourth-order valence-corrected chi connectivity index (χ4v) is 2.97. The van der Waals surface area contributed by atoms with Gasteiger partial charge in [-0.2, -0.15) is 0 Å². The zero-order valence-corrected chi connectivity index (χ0v) is 12.3. The van der Waals surface area contributed by atoms with E-state index in [4.69, 9.17) is 5.73 Å². The van der Waals surface area contributed by atoms with Gasteiger partial charge in [0.15, 0.2) is 0 Å². The van der Waals surface area contributed by atoms with E-state index in [2.05, 4.69) is 4.72 Å². The van der Waals surface area contributed by atoms with E-state index >= 15 is 0 Å². The van der Waals surface area contributed by atoms with Crippen LogP contribution in [0.15, 0.2) is 0 Å². The van der Waals surface area contributed by atoms with Crippen LogP contribution in [0.25, 0.3) is 0 Å². The highest BCUT2D eigenvalue weighted by molar-refractivity contribution is 7.89. The van der Waals surface area contributed by atoms with Gasteiger partial charge in [0.25, 0.3) is 0 Å². The van der Waals surface area contributed by atoms with Crippen molar-refractivity contribution in [3.8, 4) is 0 Å². The predicted octanol–water partition coefficient (Wildman–Crippen LogP) is -0.0984. The van der Waals surface area contributed by atoms with Crippen LogP contribution < -0.4 is 10.5 Å². The molecule has 1 unspecified atom stereocenters. The lowest BCUT2D eigenvalue weighted by atomic mass is 10.3. The van der Waals surface area contributed by atoms with Crippen LogP contribution in [-0.4, -0.2) is 50.7 Å². The van der Waals surface area contributed by atoms with E-state index in [1.54, 1.807) is 11.8 Å². The Labute approximate surface area is 110 Å². The third kappa shape index (κ3) is 6.32. The first-order valence-electron chi connectivity index (χ1n) is 6.36. The SMILES string of the molecule is CCN(CC)C(=O)C(C)NS(=O)(=O)CCCCN. The van der Waals surface area contributed by atoms with Gasteiger partial charge in [-0.15, -0.1) is 0 Å². The van der Waals surface area contributed by atoms with Crippen molar-refractivity contribution in [2.75, 3.05) is 25.4 Å². The minimum absolute atomic E-state index is 0.0140. The number of nitrogens with zero attached hydrogens (tertiary/aromatic N) is 1. The second-order valence-electron chi connectivity index (χ2n) is 4.16. The summed E-state index contributed by atoms with van der Waals surface area (Å²) < 4.78 is 25.8. The van der Waals surface area contributed by atoms with Gasteiger partial charge in [-0.25, -0.2) is 13.1 Å². The van der Waals surface area contributed by atoms with Gasteiger partial charge in [-0.05, 0) is 40.2 Å². The fourth-order valence-electron chi connectivity index (χ4n) is 1.62. The third-order valence-electron chi connectivity index (χ3n) is 2.67. The fraction of sp³-hybridized carbons (Fsp3) is 0.909. The number of carbonyl (C=O) groups is 1. The Balaban J connectivity index is 4.36. The van der Waals surface area contributed by atoms with Crippen molar-refractivity contribution in [2.45, 2.75) is 39.7 Å². The van der Waals surface area contributed by atoms with E-state index in [0.717, 1.165) is 0 Å². The molecule has 1 atom stereocenters. The van der Waals surface area contributed by atoms with Crippen molar-refractivity contribution < 1.29 is 13.2 Å². The van der Waals surface area contributed by atoms with Crippen LogP contribution in [0.5, 0.6) is 0 Å². The number of unbranched alkanes of at least 4 members (excludes halogenated alkanes) is 1. The van der Waals surface area contributed by atoms with Gasteiger partial charge in [-0.3, -0.25) is 4.79 Å². The molecule has 0 saturated heterocycles. The molecule has 0 aliphatic heterocycles. The smallest absolute Gasteiger partial charge is 0.240 e. The van der Waals surface area contributed by atoms with Crippen LogP contribution in [-0.2, 0) is 14.8 Å². The molecule has 0 spiro atoms. The maximum absolute atomic E-state index is 11.9. The molecule has 0 saturated carbocycles. The zero-order chi connectivity index (χ0) is 14.2. The van der Waals surface area contributed by atoms with Crippen LogP contribution >= 0.6 is 0 Å². The molecule has 7 heteroatoms. The number of carbonyl (C=O) groups excluding carboxylic acids is 1. The predicted molar refractivity (Wildman–Crippen MR) is 72.6 cm³/mol. The van der Waals surface area contributed by atoms with Crippen LogP contribution in [0.3, 0.4) is 0 Å². The highest BCUT2D eigenvalue weighted by Crippen LogP contribution is 1.99. The molecule has 0 aromatic carbocycles. The molecular weight excluding hydrogens is 254 g/mol. The van der Waals surface area contributed by atoms with Gasteiger partial charge < -0.3 is 10.6 Å². The Morgan fingerprint density at radius 2 is 1.83 bits per heavy atom. The molecule has 0 aliphatic carbocycles. The summed E-state index contributed by atoms with van der Waals surface area (Å²) in [6.07, 6.45) is 1.18. The van der Waals surface area contributed by atoms with E-state index in [1.807, 2.05) is 13.8 Å². The average Bonchev–Trinajstić information content (AvgIpc) is 2.30. The molecule has 0 radical (unpaired) electrons. The number of hydrogen-bond donors (Lipinski definition) is 2. The van der Waals surface area contributed by atoms with Crippen molar-refractivity contribution in [1.82, 2.24) is 9.62 Å². The number of rotatable bonds is 9. The monoisotopic (exact) mass is 279 g/mol. The first-order chi connectivity index (χ1) is 8.37. The summed E-state index contributed by atoms with van der Waals surface area (Å²) >= 11 is 0. The van der Waals surface area contributed by atoms with Gasteiger partial charge in [0.05, 0.1) is 11.8 Å². The normalized spacial score (nSPS) is 13.3. The lowest BCUT2D eigenvalue weighted by molar-refractivity contribution is -0.132. The van der Waals surface area contributed by atoms with Crippen LogP contribution in [0, 0.1) is 0 Å². The van der Waals surface area contributed by atoms with Gasteiger partial charge in [0.2, 0.25) is 15.9 Å². The van der Waals surface area contributed by atoms with Crippen molar-refractivity contribution in [3.63, 3.8) is 0 Å². The standard InChI is InChI=1S/C11H25N3O3S/c1-4-14(5-2)11(15)10(3)13-18(16,17)9-7-6-8-12/h10,13H,4-9,12H2,1-3H3. The van der Waals surface area contributed by atoms with E-state index in [1.165, 1.54) is 0 Å². The Kier molecular flexibility index (Phi) is 8.13. The minimum atomic E-state index is -3.40. The highest BCUT2D eigenvalue weighted by Gasteiger charge is 2.22. The summed E-state index contributed by atoms with van der Waals surface area (Å²) in [6, 6.07) is -0.715. The zero-order valence-electron chi connectivity index (χ0n) is 11.5. The molecule has 6 nitrogen and oxygen atoms in total. The van der Waals surface area contributed by atoms with E-state index in [9.17, 15) is 13.2 Å². The molecule has 1 amide bonds. The first-order valence-corrected chi connectivity index (χ1v) is 8.02. The molecule has 18 heavy (non-hydrogen) atoms. The Morgan fingerprint density at radius 3 is 2.28 bits per heavy atom. The van der Waals surface area contributed by atoms with Crippen LogP contribution in [0.1, 0.15) is 33.6 Å². The number of amides is 1. The maximum Gasteiger partial charge on any atom is 0.240 e. The molecule has 0 aromatic rings. The number of nitrogens with one attached hydrogen (secondary N) is 1. The van der Waals surface area contributed by atoms with Crippen molar-refractivity contribution in [1.29, 1.82) is 0 Å². The first kappa shape index (κ1) is 17.3.